The first-order chi connectivity index (χ1) is 10.2. The lowest BCUT2D eigenvalue weighted by atomic mass is 10.2. The van der Waals surface area contributed by atoms with Gasteiger partial charge in [-0.05, 0) is 39.8 Å². The Morgan fingerprint density at radius 1 is 1.50 bits per heavy atom. The van der Waals surface area contributed by atoms with E-state index < -0.39 is 5.60 Å². The molecule has 22 heavy (non-hydrogen) atoms. The van der Waals surface area contributed by atoms with Gasteiger partial charge in [-0.1, -0.05) is 11.6 Å². The van der Waals surface area contributed by atoms with Gasteiger partial charge in [0.2, 0.25) is 0 Å². The molecule has 1 N–H and O–H groups in total. The van der Waals surface area contributed by atoms with Crippen LogP contribution in [0.15, 0.2) is 17.1 Å². The van der Waals surface area contributed by atoms with Crippen LogP contribution in [0.3, 0.4) is 0 Å². The maximum atomic E-state index is 12.1. The van der Waals surface area contributed by atoms with E-state index in [-0.39, 0.29) is 12.1 Å². The quantitative estimate of drug-likeness (QED) is 0.890. The van der Waals surface area contributed by atoms with E-state index in [1.165, 1.54) is 0 Å². The number of amides is 1. The number of amidine groups is 1. The average Bonchev–Trinajstić information content (AvgIpc) is 2.84. The van der Waals surface area contributed by atoms with Crippen molar-refractivity contribution in [3.63, 3.8) is 0 Å². The van der Waals surface area contributed by atoms with Crippen molar-refractivity contribution in [1.29, 1.82) is 0 Å². The largest absolute Gasteiger partial charge is 0.444 e. The smallest absolute Gasteiger partial charge is 0.410 e. The topological polar surface area (TPSA) is 53.9 Å². The number of ether oxygens (including phenoxy) is 1. The molecule has 7 heteroatoms. The number of hydrogen-bond acceptors (Lipinski definition) is 5. The Morgan fingerprint density at radius 3 is 2.82 bits per heavy atom. The summed E-state index contributed by atoms with van der Waals surface area (Å²) in [6, 6.07) is 3.99. The number of hydrogen-bond donors (Lipinski definition) is 1. The van der Waals surface area contributed by atoms with E-state index in [1.54, 1.807) is 16.2 Å². The van der Waals surface area contributed by atoms with E-state index >= 15 is 0 Å². The van der Waals surface area contributed by atoms with E-state index in [4.69, 9.17) is 16.3 Å². The molecular weight excluding hydrogens is 322 g/mol. The molecule has 122 valence electrons. The van der Waals surface area contributed by atoms with Crippen molar-refractivity contribution in [2.45, 2.75) is 39.3 Å². The predicted octanol–water partition coefficient (Wildman–Crippen LogP) is 3.70. The van der Waals surface area contributed by atoms with Crippen LogP contribution in [0.2, 0.25) is 4.34 Å². The first-order valence-electron chi connectivity index (χ1n) is 7.27. The second kappa shape index (κ2) is 6.87. The normalized spacial score (nSPS) is 17.0. The Morgan fingerprint density at radius 2 is 2.23 bits per heavy atom. The molecule has 2 heterocycles. The van der Waals surface area contributed by atoms with Gasteiger partial charge in [0.15, 0.2) is 0 Å². The highest BCUT2D eigenvalue weighted by Crippen LogP contribution is 2.26. The second-order valence-electron chi connectivity index (χ2n) is 6.24. The maximum Gasteiger partial charge on any atom is 0.410 e. The number of rotatable bonds is 2. The molecule has 2 rings (SSSR count). The molecule has 1 unspecified atom stereocenters. The van der Waals surface area contributed by atoms with Crippen LogP contribution < -0.4 is 5.32 Å². The maximum absolute atomic E-state index is 12.1. The number of halogens is 1. The Hall–Kier alpha value is -1.27. The second-order valence-corrected chi connectivity index (χ2v) is 7.98. The van der Waals surface area contributed by atoms with Gasteiger partial charge in [-0.3, -0.25) is 9.89 Å². The standard InChI is InChI=1S/C15H22ClN3O2S/c1-10(11-5-6-12(16)22-11)18-13-9-19(8-7-17-13)14(20)21-15(2,3)4/h5-6,10H,7-9H2,1-4H3,(H,17,18). The summed E-state index contributed by atoms with van der Waals surface area (Å²) >= 11 is 7.51. The molecule has 1 amide bonds. The van der Waals surface area contributed by atoms with Crippen LogP contribution in [0.5, 0.6) is 0 Å². The van der Waals surface area contributed by atoms with Crippen molar-refractivity contribution in [2.75, 3.05) is 19.6 Å². The highest BCUT2D eigenvalue weighted by molar-refractivity contribution is 7.16. The predicted molar refractivity (Wildman–Crippen MR) is 91.0 cm³/mol. The van der Waals surface area contributed by atoms with Gasteiger partial charge < -0.3 is 10.1 Å². The van der Waals surface area contributed by atoms with Gasteiger partial charge >= 0.3 is 6.09 Å². The van der Waals surface area contributed by atoms with E-state index in [9.17, 15) is 4.79 Å². The number of thiophene rings is 1. The zero-order valence-electron chi connectivity index (χ0n) is 13.4. The molecule has 1 atom stereocenters. The number of carbonyl (C=O) groups excluding carboxylic acids is 1. The van der Waals surface area contributed by atoms with E-state index in [2.05, 4.69) is 17.2 Å². The molecular formula is C15H22ClN3O2S. The number of nitrogens with zero attached hydrogens (tertiary/aromatic N) is 2. The Bertz CT molecular complexity index is 565. The van der Waals surface area contributed by atoms with Gasteiger partial charge in [-0.2, -0.15) is 0 Å². The van der Waals surface area contributed by atoms with Gasteiger partial charge in [0.05, 0.1) is 23.5 Å². The zero-order valence-corrected chi connectivity index (χ0v) is 14.9. The van der Waals surface area contributed by atoms with E-state index in [1.807, 2.05) is 32.9 Å². The van der Waals surface area contributed by atoms with E-state index in [0.29, 0.717) is 19.6 Å². The van der Waals surface area contributed by atoms with Gasteiger partial charge in [0, 0.05) is 11.4 Å². The molecule has 1 aliphatic rings. The van der Waals surface area contributed by atoms with Crippen LogP contribution in [0.25, 0.3) is 0 Å². The van der Waals surface area contributed by atoms with Crippen molar-refractivity contribution in [3.05, 3.63) is 21.3 Å². The number of carbonyl (C=O) groups is 1. The molecule has 0 saturated carbocycles. The number of nitrogens with one attached hydrogen (secondary N) is 1. The van der Waals surface area contributed by atoms with Crippen LogP contribution >= 0.6 is 22.9 Å². The third-order valence-electron chi connectivity index (χ3n) is 3.07. The van der Waals surface area contributed by atoms with Crippen molar-refractivity contribution in [1.82, 2.24) is 10.2 Å². The van der Waals surface area contributed by atoms with Crippen LogP contribution in [-0.4, -0.2) is 42.1 Å². The van der Waals surface area contributed by atoms with Gasteiger partial charge in [0.1, 0.15) is 11.4 Å². The molecule has 0 spiro atoms. The lowest BCUT2D eigenvalue weighted by Crippen LogP contribution is -2.47. The van der Waals surface area contributed by atoms with Gasteiger partial charge in [-0.15, -0.1) is 11.3 Å². The molecule has 0 fully saturated rings. The third-order valence-corrected chi connectivity index (χ3v) is 4.48. The lowest BCUT2D eigenvalue weighted by molar-refractivity contribution is 0.0276. The molecule has 5 nitrogen and oxygen atoms in total. The molecule has 0 aliphatic carbocycles. The molecule has 0 aromatic carbocycles. The van der Waals surface area contributed by atoms with Crippen LogP contribution in [0.4, 0.5) is 4.79 Å². The highest BCUT2D eigenvalue weighted by Gasteiger charge is 2.25. The summed E-state index contributed by atoms with van der Waals surface area (Å²) in [5, 5.41) is 3.35. The SMILES string of the molecule is CC(NC1=NCCN(C(=O)OC(C)(C)C)C1)c1ccc(Cl)s1. The Labute approximate surface area is 140 Å². The zero-order chi connectivity index (χ0) is 16.3. The summed E-state index contributed by atoms with van der Waals surface area (Å²) in [6.07, 6.45) is -0.298. The Balaban J connectivity index is 1.93. The van der Waals surface area contributed by atoms with Crippen molar-refractivity contribution >= 4 is 34.9 Å². The molecule has 1 aliphatic heterocycles. The molecule has 1 aromatic heterocycles. The minimum Gasteiger partial charge on any atom is -0.444 e. The Kier molecular flexibility index (Phi) is 5.34. The van der Waals surface area contributed by atoms with Crippen LogP contribution in [0.1, 0.15) is 38.6 Å². The first kappa shape index (κ1) is 17.1. The fraction of sp³-hybridized carbons (Fsp3) is 0.600. The molecule has 0 saturated heterocycles. The fourth-order valence-electron chi connectivity index (χ4n) is 2.07. The summed E-state index contributed by atoms with van der Waals surface area (Å²) in [5.74, 6) is 0.800. The fourth-order valence-corrected chi connectivity index (χ4v) is 3.13. The highest BCUT2D eigenvalue weighted by atomic mass is 35.5. The summed E-state index contributed by atoms with van der Waals surface area (Å²) in [7, 11) is 0. The van der Waals surface area contributed by atoms with Crippen LogP contribution in [-0.2, 0) is 4.74 Å². The summed E-state index contributed by atoms with van der Waals surface area (Å²) in [4.78, 5) is 19.4. The lowest BCUT2D eigenvalue weighted by Gasteiger charge is -2.30. The molecule has 0 bridgehead atoms. The van der Waals surface area contributed by atoms with Gasteiger partial charge in [-0.25, -0.2) is 4.79 Å². The minimum absolute atomic E-state index is 0.106. The van der Waals surface area contributed by atoms with Crippen molar-refractivity contribution in [3.8, 4) is 0 Å². The van der Waals surface area contributed by atoms with E-state index in [0.717, 1.165) is 15.0 Å². The van der Waals surface area contributed by atoms with Crippen LogP contribution in [0, 0.1) is 0 Å². The first-order valence-corrected chi connectivity index (χ1v) is 8.47. The number of aliphatic imine (C=N–C) groups is 1. The van der Waals surface area contributed by atoms with Gasteiger partial charge in [0.25, 0.3) is 0 Å². The molecule has 1 aromatic rings. The average molecular weight is 344 g/mol. The third kappa shape index (κ3) is 4.88. The summed E-state index contributed by atoms with van der Waals surface area (Å²) in [6.45, 7) is 9.26. The molecule has 0 radical (unpaired) electrons. The minimum atomic E-state index is -0.486. The monoisotopic (exact) mass is 343 g/mol. The van der Waals surface area contributed by atoms with Crippen molar-refractivity contribution < 1.29 is 9.53 Å². The van der Waals surface area contributed by atoms with Crippen molar-refractivity contribution in [2.24, 2.45) is 4.99 Å². The summed E-state index contributed by atoms with van der Waals surface area (Å²) < 4.78 is 6.18. The summed E-state index contributed by atoms with van der Waals surface area (Å²) in [5.41, 5.74) is -0.486.